The molecule has 15 rings (SSSR count). The molecule has 15 N–H and O–H groups in total. The van der Waals surface area contributed by atoms with Crippen LogP contribution in [0, 0.1) is 13.8 Å². The van der Waals surface area contributed by atoms with Crippen LogP contribution in [0.25, 0.3) is 0 Å². The molecule has 700 valence electrons. The molecule has 0 spiro atoms. The standard InChI is InChI=1S/2C18H22N2O6.3C17H19ClN2O6/c1-11-2-4-12(5-3-11)6-8-19-14(22)7-9-20(18(19)25)17-16(24)15(23)13(10-21)26-17;1-11-3-2-4-12(9-11)5-7-19-14(22)6-8-20(18(19)25)17-16(24)15(23)13(10-21)26-17;18-11-3-1-10(2-4-11)5-7-19-13(22)6-8-20(17(19)25)16-15(24)14(23)12(9-21)26-16;18-11-3-1-2-10(8-11)4-6-19-13(22)5-7-20(17(19)25)16-15(24)14(23)12(9-21)26-16;18-11-4-2-1-3-10(11)5-7-19-13(22)6-8-20(17(19)25)16-15(24)14(23)12(9-21)26-16/h2-5,7,9,13,15-17,21,23-24H,6,8,10H2,1H3;2-4,6,8-9,13,15-17,21,23-24H,5,7,10H2,1H3;1-4,6,8,12,14-16,21,23-24H,5,7,9H2;1-3,5,7-8,12,14-16,21,23-24H,4,6,9H2;1-4,6,8,12,14-16,21,23-24H,5,7,9H2/t2*13-,15?,16+,17-;3*12-,14?,15+,16-/m11111/s1. The third kappa shape index (κ3) is 23.5. The van der Waals surface area contributed by atoms with Crippen molar-refractivity contribution in [3.05, 3.63) is 341 Å². The highest BCUT2D eigenvalue weighted by atomic mass is 35.5. The van der Waals surface area contributed by atoms with E-state index in [0.29, 0.717) is 47.2 Å². The number of nitrogens with zero attached hydrogens (tertiary/aromatic N) is 10. The van der Waals surface area contributed by atoms with Crippen molar-refractivity contribution in [2.24, 2.45) is 0 Å². The molecular weight excluding hydrogens is 1770 g/mol. The summed E-state index contributed by atoms with van der Waals surface area (Å²) >= 11 is 17.9. The van der Waals surface area contributed by atoms with Crippen molar-refractivity contribution < 1.29 is 100 Å². The first kappa shape index (κ1) is 100. The summed E-state index contributed by atoms with van der Waals surface area (Å²) in [4.78, 5) is 124. The summed E-state index contributed by atoms with van der Waals surface area (Å²) in [5.74, 6) is 0. The minimum absolute atomic E-state index is 0.0943. The zero-order valence-electron chi connectivity index (χ0n) is 69.9. The Morgan fingerprint density at radius 2 is 0.538 bits per heavy atom. The average molecular weight is 1870 g/mol. The molecule has 20 atom stereocenters. The van der Waals surface area contributed by atoms with Crippen molar-refractivity contribution in [3.63, 3.8) is 0 Å². The predicted molar refractivity (Wildman–Crippen MR) is 465 cm³/mol. The Labute approximate surface area is 752 Å². The maximum atomic E-state index is 12.7. The van der Waals surface area contributed by atoms with Crippen LogP contribution < -0.4 is 56.2 Å². The van der Waals surface area contributed by atoms with Crippen molar-refractivity contribution in [1.82, 2.24) is 45.7 Å². The van der Waals surface area contributed by atoms with Gasteiger partial charge in [0.1, 0.15) is 91.6 Å². The molecule has 5 saturated heterocycles. The van der Waals surface area contributed by atoms with E-state index in [2.05, 4.69) is 0 Å². The lowest BCUT2D eigenvalue weighted by Gasteiger charge is -2.18. The highest BCUT2D eigenvalue weighted by molar-refractivity contribution is 6.31. The maximum Gasteiger partial charge on any atom is 0.333 e. The second kappa shape index (κ2) is 45.6. The molecule has 0 aliphatic carbocycles. The van der Waals surface area contributed by atoms with Crippen LogP contribution in [0.3, 0.4) is 0 Å². The zero-order valence-corrected chi connectivity index (χ0v) is 72.2. The molecule has 0 amide bonds. The minimum Gasteiger partial charge on any atom is -0.394 e. The summed E-state index contributed by atoms with van der Waals surface area (Å²) in [6.07, 6.45) is -16.2. The Bertz CT molecular complexity index is 5850. The van der Waals surface area contributed by atoms with Crippen molar-refractivity contribution in [1.29, 1.82) is 0 Å². The molecule has 0 radical (unpaired) electrons. The number of benzene rings is 5. The fraction of sp³-hybridized carbons (Fsp3) is 0.425. The van der Waals surface area contributed by atoms with E-state index in [1.54, 1.807) is 60.7 Å². The number of aliphatic hydroxyl groups excluding tert-OH is 15. The van der Waals surface area contributed by atoms with Gasteiger partial charge in [0.15, 0.2) is 31.1 Å². The largest absolute Gasteiger partial charge is 0.394 e. The van der Waals surface area contributed by atoms with E-state index >= 15 is 0 Å². The lowest BCUT2D eigenvalue weighted by molar-refractivity contribution is -0.0556. The van der Waals surface area contributed by atoms with E-state index < -0.39 is 212 Å². The number of rotatable bonds is 25. The number of ether oxygens (including phenoxy) is 5. The number of halogens is 3. The van der Waals surface area contributed by atoms with Crippen molar-refractivity contribution in [2.75, 3.05) is 33.0 Å². The summed E-state index contributed by atoms with van der Waals surface area (Å²) < 4.78 is 37.3. The first-order valence-electron chi connectivity index (χ1n) is 41.2. The van der Waals surface area contributed by atoms with E-state index in [4.69, 9.17) is 63.6 Å². The number of aromatic nitrogens is 10. The van der Waals surface area contributed by atoms with Gasteiger partial charge in [-0.05, 0) is 104 Å². The third-order valence-corrected chi connectivity index (χ3v) is 23.4. The summed E-state index contributed by atoms with van der Waals surface area (Å²) in [5.41, 5.74) is 1.11. The van der Waals surface area contributed by atoms with Crippen LogP contribution in [0.4, 0.5) is 0 Å². The third-order valence-electron chi connectivity index (χ3n) is 22.5. The SMILES string of the molecule is Cc1ccc(CCn2c(=O)ccn([C@@H]3O[C@H](CO)C(O)[C@@H]3O)c2=O)cc1.Cc1cccc(CCn2c(=O)ccn([C@@H]3O[C@H](CO)C(O)[C@@H]3O)c2=O)c1.O=c1ccn([C@@H]2O[C@H](CO)C(O)[C@@H]2O)c(=O)n1CCc1ccc(Cl)cc1.O=c1ccn([C@@H]2O[C@H](CO)C(O)[C@@H]2O)c(=O)n1CCc1cccc(Cl)c1.O=c1ccn([C@@H]2O[C@H](CO)C(O)[C@@H]2O)c(=O)n1CCc1ccccc1Cl. The highest BCUT2D eigenvalue weighted by Crippen LogP contribution is 2.33. The van der Waals surface area contributed by atoms with Crippen molar-refractivity contribution in [3.8, 4) is 0 Å². The second-order valence-corrected chi connectivity index (χ2v) is 32.5. The quantitative estimate of drug-likeness (QED) is 0.0269. The Hall–Kier alpha value is -10.4. The molecule has 5 aliphatic heterocycles. The van der Waals surface area contributed by atoms with Gasteiger partial charge in [-0.2, -0.15) is 0 Å². The molecule has 0 bridgehead atoms. The van der Waals surface area contributed by atoms with Gasteiger partial charge in [-0.3, -0.25) is 69.6 Å². The smallest absolute Gasteiger partial charge is 0.333 e. The number of aryl methyl sites for hydroxylation is 7. The van der Waals surface area contributed by atoms with E-state index in [1.165, 1.54) is 61.3 Å². The van der Waals surface area contributed by atoms with Crippen molar-refractivity contribution >= 4 is 34.8 Å². The molecule has 5 fully saturated rings. The molecule has 5 unspecified atom stereocenters. The van der Waals surface area contributed by atoms with Gasteiger partial charge in [-0.25, -0.2) is 24.0 Å². The van der Waals surface area contributed by atoms with Gasteiger partial charge in [0, 0.05) is 109 Å². The molecule has 43 heteroatoms. The van der Waals surface area contributed by atoms with Gasteiger partial charge in [-0.15, -0.1) is 0 Å². The Kier molecular flexibility index (Phi) is 35.1. The van der Waals surface area contributed by atoms with Crippen LogP contribution >= 0.6 is 34.8 Å². The van der Waals surface area contributed by atoms with Crippen LogP contribution in [0.1, 0.15) is 70.1 Å². The van der Waals surface area contributed by atoms with Crippen molar-refractivity contribution in [2.45, 2.75) is 201 Å². The molecule has 10 aromatic rings. The minimum atomic E-state index is -1.40. The summed E-state index contributed by atoms with van der Waals surface area (Å²) in [5, 5.41) is 147. The zero-order chi connectivity index (χ0) is 94.2. The molecule has 5 aromatic carbocycles. The Morgan fingerprint density at radius 1 is 0.269 bits per heavy atom. The lowest BCUT2D eigenvalue weighted by atomic mass is 10.1. The number of hydrogen-bond donors (Lipinski definition) is 15. The van der Waals surface area contributed by atoms with E-state index in [-0.39, 0.29) is 32.7 Å². The van der Waals surface area contributed by atoms with Gasteiger partial charge >= 0.3 is 28.4 Å². The predicted octanol–water partition coefficient (Wildman–Crippen LogP) is -3.10. The van der Waals surface area contributed by atoms with Crippen LogP contribution in [-0.4, -0.2) is 247 Å². The van der Waals surface area contributed by atoms with Gasteiger partial charge in [0.2, 0.25) is 0 Å². The van der Waals surface area contributed by atoms with Crippen LogP contribution in [0.2, 0.25) is 15.1 Å². The normalized spacial score (nSPS) is 25.5. The number of aliphatic hydroxyl groups is 15. The molecule has 40 nitrogen and oxygen atoms in total. The van der Waals surface area contributed by atoms with Gasteiger partial charge < -0.3 is 100 Å². The molecule has 5 aromatic heterocycles. The second-order valence-electron chi connectivity index (χ2n) is 31.2. The Morgan fingerprint density at radius 3 is 0.815 bits per heavy atom. The van der Waals surface area contributed by atoms with E-state index in [0.717, 1.165) is 84.6 Å². The van der Waals surface area contributed by atoms with Gasteiger partial charge in [0.25, 0.3) is 27.8 Å². The summed E-state index contributed by atoms with van der Waals surface area (Å²) in [7, 11) is 0. The molecular formula is C87H101Cl3N10O30. The van der Waals surface area contributed by atoms with Crippen LogP contribution in [0.15, 0.2) is 231 Å². The molecule has 5 aliphatic rings. The highest BCUT2D eigenvalue weighted by Gasteiger charge is 2.48. The fourth-order valence-corrected chi connectivity index (χ4v) is 15.6. The van der Waals surface area contributed by atoms with E-state index in [9.17, 15) is 119 Å². The number of hydrogen-bond acceptors (Lipinski definition) is 30. The van der Waals surface area contributed by atoms with Crippen LogP contribution in [0.5, 0.6) is 0 Å². The van der Waals surface area contributed by atoms with Gasteiger partial charge in [-0.1, -0.05) is 137 Å². The maximum absolute atomic E-state index is 12.7. The molecule has 0 saturated carbocycles. The topological polar surface area (TPSA) is 570 Å². The first-order chi connectivity index (χ1) is 62.1. The first-order valence-corrected chi connectivity index (χ1v) is 42.3. The molecule has 10 heterocycles. The summed E-state index contributed by atoms with van der Waals surface area (Å²) in [6, 6.07) is 42.9. The Balaban J connectivity index is 0.000000157. The lowest BCUT2D eigenvalue weighted by Crippen LogP contribution is -2.43. The van der Waals surface area contributed by atoms with Gasteiger partial charge in [0.05, 0.1) is 33.0 Å². The van der Waals surface area contributed by atoms with E-state index in [1.807, 2.05) is 74.5 Å². The summed E-state index contributed by atoms with van der Waals surface area (Å²) in [6.45, 7) is 2.16. The monoisotopic (exact) mass is 1870 g/mol. The fourth-order valence-electron chi connectivity index (χ4n) is 15.1. The van der Waals surface area contributed by atoms with Crippen LogP contribution in [-0.2, 0) is 88.5 Å². The average Bonchev–Trinajstić information content (AvgIpc) is 1.18. The molecule has 130 heavy (non-hydrogen) atoms.